The monoisotopic (exact) mass is 1590 g/mol. The molecule has 17 nitrogen and oxygen atoms in total. The van der Waals surface area contributed by atoms with E-state index in [1.54, 1.807) is 0 Å². The molecule has 0 aliphatic rings. The lowest BCUT2D eigenvalue weighted by Gasteiger charge is -2.21. The van der Waals surface area contributed by atoms with Gasteiger partial charge in [-0.15, -0.1) is 0 Å². The molecule has 0 aliphatic carbocycles. The summed E-state index contributed by atoms with van der Waals surface area (Å²) in [5.74, 6) is -1.24. The molecule has 0 bridgehead atoms. The third-order valence-electron chi connectivity index (χ3n) is 21.6. The van der Waals surface area contributed by atoms with E-state index in [2.05, 4.69) is 34.6 Å². The van der Waals surface area contributed by atoms with Crippen LogP contribution in [-0.2, 0) is 65.4 Å². The summed E-state index contributed by atoms with van der Waals surface area (Å²) >= 11 is 0. The summed E-state index contributed by atoms with van der Waals surface area (Å²) < 4.78 is 69.1. The van der Waals surface area contributed by atoms with E-state index in [4.69, 9.17) is 37.0 Å². The molecule has 0 saturated heterocycles. The zero-order valence-corrected chi connectivity index (χ0v) is 73.5. The lowest BCUT2D eigenvalue weighted by molar-refractivity contribution is -0.161. The average Bonchev–Trinajstić information content (AvgIpc) is 0.902. The molecular formula is C90H176O17P2. The fourth-order valence-corrected chi connectivity index (χ4v) is 15.7. The molecule has 0 amide bonds. The average molecular weight is 1590 g/mol. The second kappa shape index (κ2) is 82.6. The molecule has 109 heavy (non-hydrogen) atoms. The maximum Gasteiger partial charge on any atom is 0.472 e. The minimum absolute atomic E-state index is 0.110. The normalized spacial score (nSPS) is 13.9. The number of aliphatic hydroxyl groups is 1. The fourth-order valence-electron chi connectivity index (χ4n) is 14.1. The van der Waals surface area contributed by atoms with Crippen LogP contribution in [0.4, 0.5) is 0 Å². The van der Waals surface area contributed by atoms with Crippen LogP contribution < -0.4 is 0 Å². The molecule has 3 N–H and O–H groups in total. The minimum atomic E-state index is -4.97. The van der Waals surface area contributed by atoms with Gasteiger partial charge in [-0.25, -0.2) is 9.13 Å². The second-order valence-corrected chi connectivity index (χ2v) is 35.5. The van der Waals surface area contributed by atoms with Gasteiger partial charge in [0.05, 0.1) is 26.4 Å². The molecule has 0 aliphatic heterocycles. The second-order valence-electron chi connectivity index (χ2n) is 32.6. The first-order valence-corrected chi connectivity index (χ1v) is 49.7. The molecule has 0 aromatic rings. The van der Waals surface area contributed by atoms with Gasteiger partial charge in [-0.1, -0.05) is 439 Å². The molecule has 0 heterocycles. The highest BCUT2D eigenvalue weighted by Crippen LogP contribution is 2.45. The Morgan fingerprint density at radius 2 is 0.440 bits per heavy atom. The molecule has 0 radical (unpaired) electrons. The number of rotatable bonds is 90. The Morgan fingerprint density at radius 3 is 0.651 bits per heavy atom. The van der Waals surface area contributed by atoms with Crippen molar-refractivity contribution < 1.29 is 80.2 Å². The van der Waals surface area contributed by atoms with Crippen LogP contribution in [0.25, 0.3) is 0 Å². The number of unbranched alkanes of at least 4 members (excludes halogenated alkanes) is 61. The highest BCUT2D eigenvalue weighted by molar-refractivity contribution is 7.47. The number of phosphoric ester groups is 2. The number of carbonyl (C=O) groups excluding carboxylic acids is 4. The highest BCUT2D eigenvalue weighted by Gasteiger charge is 2.31. The molecule has 0 saturated carbocycles. The van der Waals surface area contributed by atoms with Crippen molar-refractivity contribution in [2.75, 3.05) is 39.6 Å². The van der Waals surface area contributed by atoms with Crippen LogP contribution in [0.15, 0.2) is 0 Å². The number of esters is 4. The summed E-state index contributed by atoms with van der Waals surface area (Å²) in [4.78, 5) is 73.4. The summed E-state index contributed by atoms with van der Waals surface area (Å²) in [5, 5.41) is 10.7. The summed E-state index contributed by atoms with van der Waals surface area (Å²) in [5.41, 5.74) is 0. The van der Waals surface area contributed by atoms with Crippen molar-refractivity contribution >= 4 is 39.5 Å². The third-order valence-corrected chi connectivity index (χ3v) is 23.5. The maximum absolute atomic E-state index is 13.2. The lowest BCUT2D eigenvalue weighted by Crippen LogP contribution is -2.30. The van der Waals surface area contributed by atoms with Crippen LogP contribution in [-0.4, -0.2) is 96.7 Å². The number of hydrogen-bond donors (Lipinski definition) is 3. The van der Waals surface area contributed by atoms with E-state index >= 15 is 0 Å². The van der Waals surface area contributed by atoms with Gasteiger partial charge in [-0.3, -0.25) is 37.3 Å². The maximum atomic E-state index is 13.2. The summed E-state index contributed by atoms with van der Waals surface area (Å²) in [6.07, 6.45) is 77.6. The SMILES string of the molecule is CCCCCCCCCCCCCCCCCCCCCCC(=O)O[C@H](COC(=O)CCCCCCCCCCCCCCCCC(C)CC)COP(=O)(O)OC[C@@H](O)COP(=O)(O)OC[C@@H](COC(=O)CCCCCCCCCCCCCCC)OC(=O)CCCCCCCCCCCCCCCCCCCC. The molecule has 648 valence electrons. The van der Waals surface area contributed by atoms with E-state index in [1.165, 1.54) is 315 Å². The van der Waals surface area contributed by atoms with Crippen molar-refractivity contribution in [3.8, 4) is 0 Å². The molecule has 19 heteroatoms. The first-order chi connectivity index (χ1) is 53.1. The van der Waals surface area contributed by atoms with Gasteiger partial charge in [0.2, 0.25) is 0 Å². The van der Waals surface area contributed by atoms with Crippen molar-refractivity contribution in [3.05, 3.63) is 0 Å². The van der Waals surface area contributed by atoms with Gasteiger partial charge >= 0.3 is 39.5 Å². The number of ether oxygens (including phenoxy) is 4. The first-order valence-electron chi connectivity index (χ1n) is 46.7. The Kier molecular flexibility index (Phi) is 81.1. The van der Waals surface area contributed by atoms with Gasteiger partial charge in [-0.2, -0.15) is 0 Å². The van der Waals surface area contributed by atoms with Crippen molar-refractivity contribution in [3.63, 3.8) is 0 Å². The van der Waals surface area contributed by atoms with E-state index in [0.29, 0.717) is 25.7 Å². The van der Waals surface area contributed by atoms with Crippen molar-refractivity contribution in [2.24, 2.45) is 5.92 Å². The molecule has 6 atom stereocenters. The lowest BCUT2D eigenvalue weighted by atomic mass is 9.99. The van der Waals surface area contributed by atoms with Crippen LogP contribution in [0.3, 0.4) is 0 Å². The Hall–Kier alpha value is -1.94. The standard InChI is InChI=1S/C90H176O17P2/c1-6-10-13-16-19-22-25-28-30-32-34-35-37-39-46-51-56-61-66-71-76-90(95)107-86(80-101-88(93)74-69-64-59-54-49-44-41-40-43-47-52-57-62-67-72-83(5)9-4)82-105-109(98,99)103-78-84(91)77-102-108(96,97)104-81-85(79-100-87(92)73-68-63-58-53-48-42-27-24-21-18-15-12-8-3)106-89(94)75-70-65-60-55-50-45-38-36-33-31-29-26-23-20-17-14-11-7-2/h83-86,91H,6-82H2,1-5H3,(H,96,97)(H,98,99)/t83?,84-,85+,86+/m0/s1. The summed E-state index contributed by atoms with van der Waals surface area (Å²) in [7, 11) is -9.93. The fraction of sp³-hybridized carbons (Fsp3) is 0.956. The van der Waals surface area contributed by atoms with Crippen LogP contribution >= 0.6 is 15.6 Å². The van der Waals surface area contributed by atoms with Gasteiger partial charge in [0, 0.05) is 25.7 Å². The first kappa shape index (κ1) is 107. The van der Waals surface area contributed by atoms with Crippen LogP contribution in [0.1, 0.15) is 490 Å². The zero-order chi connectivity index (χ0) is 79.7. The van der Waals surface area contributed by atoms with Crippen LogP contribution in [0.2, 0.25) is 0 Å². The van der Waals surface area contributed by atoms with Crippen molar-refractivity contribution in [2.45, 2.75) is 509 Å². The van der Waals surface area contributed by atoms with E-state index < -0.39 is 97.5 Å². The number of hydrogen-bond acceptors (Lipinski definition) is 15. The van der Waals surface area contributed by atoms with Crippen molar-refractivity contribution in [1.82, 2.24) is 0 Å². The molecule has 0 spiro atoms. The smallest absolute Gasteiger partial charge is 0.462 e. The van der Waals surface area contributed by atoms with E-state index in [-0.39, 0.29) is 25.7 Å². The predicted octanol–water partition coefficient (Wildman–Crippen LogP) is 27.9. The molecule has 0 fully saturated rings. The Labute approximate surface area is 670 Å². The Balaban J connectivity index is 5.26. The molecule has 3 unspecified atom stereocenters. The molecular weight excluding hydrogens is 1410 g/mol. The van der Waals surface area contributed by atoms with Gasteiger partial charge in [0.1, 0.15) is 19.3 Å². The summed E-state index contributed by atoms with van der Waals surface area (Å²) in [6, 6.07) is 0. The predicted molar refractivity (Wildman–Crippen MR) is 451 cm³/mol. The van der Waals surface area contributed by atoms with Crippen molar-refractivity contribution in [1.29, 1.82) is 0 Å². The number of carbonyl (C=O) groups is 4. The van der Waals surface area contributed by atoms with Gasteiger partial charge in [0.25, 0.3) is 0 Å². The number of phosphoric acid groups is 2. The van der Waals surface area contributed by atoms with Gasteiger partial charge in [-0.05, 0) is 31.6 Å². The number of aliphatic hydroxyl groups excluding tert-OH is 1. The van der Waals surface area contributed by atoms with Gasteiger partial charge in [0.15, 0.2) is 12.2 Å². The topological polar surface area (TPSA) is 237 Å². The van der Waals surface area contributed by atoms with E-state index in [9.17, 15) is 43.2 Å². The highest BCUT2D eigenvalue weighted by atomic mass is 31.2. The molecule has 0 aromatic carbocycles. The van der Waals surface area contributed by atoms with Gasteiger partial charge < -0.3 is 33.8 Å². The molecule has 0 rings (SSSR count). The summed E-state index contributed by atoms with van der Waals surface area (Å²) in [6.45, 7) is 7.46. The quantitative estimate of drug-likeness (QED) is 0.0222. The van der Waals surface area contributed by atoms with E-state index in [1.807, 2.05) is 0 Å². The minimum Gasteiger partial charge on any atom is -0.462 e. The Morgan fingerprint density at radius 1 is 0.257 bits per heavy atom. The zero-order valence-electron chi connectivity index (χ0n) is 71.7. The largest absolute Gasteiger partial charge is 0.472 e. The van der Waals surface area contributed by atoms with E-state index in [0.717, 1.165) is 95.8 Å². The molecule has 0 aromatic heterocycles. The third kappa shape index (κ3) is 82.4. The van der Waals surface area contributed by atoms with Crippen LogP contribution in [0, 0.1) is 5.92 Å². The Bertz CT molecular complexity index is 2070. The van der Waals surface area contributed by atoms with Crippen LogP contribution in [0.5, 0.6) is 0 Å².